The second kappa shape index (κ2) is 7.31. The summed E-state index contributed by atoms with van der Waals surface area (Å²) in [7, 11) is 0.175. The number of H-pyrrole nitrogens is 1. The molecule has 5 rings (SSSR count). The molecular formula is C20H20N6O3S. The molecule has 154 valence electrons. The van der Waals surface area contributed by atoms with Gasteiger partial charge < -0.3 is 14.2 Å². The van der Waals surface area contributed by atoms with Crippen LogP contribution >= 0.6 is 0 Å². The number of aromatic nitrogens is 5. The fourth-order valence-corrected chi connectivity index (χ4v) is 4.34. The summed E-state index contributed by atoms with van der Waals surface area (Å²) in [4.78, 5) is 4.93. The highest BCUT2D eigenvalue weighted by Crippen LogP contribution is 2.33. The van der Waals surface area contributed by atoms with Crippen LogP contribution in [-0.2, 0) is 26.1 Å². The minimum Gasteiger partial charge on any atom is -0.375 e. The normalized spacial score (nSPS) is 16.3. The van der Waals surface area contributed by atoms with Crippen molar-refractivity contribution in [1.82, 2.24) is 25.0 Å². The number of methoxy groups -OCH3 is 1. The molecule has 9 nitrogen and oxygen atoms in total. The lowest BCUT2D eigenvalue weighted by Gasteiger charge is -2.40. The quantitative estimate of drug-likeness (QED) is 0.492. The molecule has 1 aliphatic heterocycles. The van der Waals surface area contributed by atoms with Crippen molar-refractivity contribution in [2.75, 3.05) is 25.0 Å². The summed E-state index contributed by atoms with van der Waals surface area (Å²) in [5.74, 6) is 0.617. The Hall–Kier alpha value is -3.08. The molecule has 1 unspecified atom stereocenters. The van der Waals surface area contributed by atoms with Crippen molar-refractivity contribution >= 4 is 27.6 Å². The summed E-state index contributed by atoms with van der Waals surface area (Å²) >= 11 is 0. The van der Waals surface area contributed by atoms with E-state index in [-0.39, 0.29) is 0 Å². The third kappa shape index (κ3) is 3.09. The Bertz CT molecular complexity index is 1240. The van der Waals surface area contributed by atoms with E-state index < -0.39 is 16.6 Å². The predicted molar refractivity (Wildman–Crippen MR) is 112 cm³/mol. The van der Waals surface area contributed by atoms with Crippen molar-refractivity contribution < 1.29 is 13.7 Å². The number of benzene rings is 1. The monoisotopic (exact) mass is 424 g/mol. The summed E-state index contributed by atoms with van der Waals surface area (Å²) in [5.41, 5.74) is 3.00. The fraction of sp³-hybridized carbons (Fsp3) is 0.250. The second-order valence-corrected chi connectivity index (χ2v) is 8.35. The van der Waals surface area contributed by atoms with E-state index in [0.717, 1.165) is 27.8 Å². The van der Waals surface area contributed by atoms with Gasteiger partial charge in [-0.05, 0) is 36.8 Å². The van der Waals surface area contributed by atoms with Crippen LogP contribution in [0.1, 0.15) is 11.3 Å². The van der Waals surface area contributed by atoms with Gasteiger partial charge in [0.1, 0.15) is 5.60 Å². The number of aromatic amines is 1. The molecule has 1 aromatic carbocycles. The third-order valence-electron chi connectivity index (χ3n) is 5.30. The van der Waals surface area contributed by atoms with Gasteiger partial charge in [0, 0.05) is 24.4 Å². The summed E-state index contributed by atoms with van der Waals surface area (Å²) in [5, 5.41) is 12.5. The maximum atomic E-state index is 12.9. The van der Waals surface area contributed by atoms with Gasteiger partial charge in [-0.25, -0.2) is 13.9 Å². The number of hydrogen-bond donors (Lipinski definition) is 2. The molecule has 1 saturated heterocycles. The Labute approximate surface area is 175 Å². The number of nitrogens with zero attached hydrogens (tertiary/aromatic N) is 4. The number of anilines is 1. The Morgan fingerprint density at radius 2 is 2.20 bits per heavy atom. The second-order valence-electron chi connectivity index (χ2n) is 7.13. The highest BCUT2D eigenvalue weighted by molar-refractivity contribution is 7.86. The Balaban J connectivity index is 1.40. The minimum atomic E-state index is -1.50. The molecule has 2 N–H and O–H groups in total. The average Bonchev–Trinajstić information content (AvgIpc) is 3.36. The zero-order chi connectivity index (χ0) is 20.7. The van der Waals surface area contributed by atoms with Gasteiger partial charge in [-0.3, -0.25) is 5.10 Å². The standard InChI is InChI=1S/C20H20N6O3S/c1-13-19-16(24-23-13)4-3-5-17(19)25-30(27)15-9-22-26(10-15)18-8-14(6-7-21-18)20(28-2)11-29-12-20/h3-10,25H,11-12H2,1-2H3,(H,23,24). The SMILES string of the molecule is COC1(c2ccnc(-n3cc(S(=O)Nc4cccc5n[nH]c(C)c45)cn3)c2)COC1. The van der Waals surface area contributed by atoms with Gasteiger partial charge in [-0.15, -0.1) is 0 Å². The van der Waals surface area contributed by atoms with Crippen LogP contribution in [0.4, 0.5) is 5.69 Å². The van der Waals surface area contributed by atoms with Crippen LogP contribution in [0.5, 0.6) is 0 Å². The number of fused-ring (bicyclic) bond motifs is 1. The molecule has 0 bridgehead atoms. The van der Waals surface area contributed by atoms with E-state index in [9.17, 15) is 4.21 Å². The lowest BCUT2D eigenvalue weighted by Crippen LogP contribution is -2.48. The van der Waals surface area contributed by atoms with E-state index in [1.807, 2.05) is 37.3 Å². The molecule has 0 radical (unpaired) electrons. The van der Waals surface area contributed by atoms with Crippen LogP contribution in [0.2, 0.25) is 0 Å². The first-order chi connectivity index (χ1) is 14.6. The lowest BCUT2D eigenvalue weighted by atomic mass is 9.92. The molecule has 3 aromatic heterocycles. The van der Waals surface area contributed by atoms with Crippen molar-refractivity contribution in [2.45, 2.75) is 17.4 Å². The molecule has 1 aliphatic rings. The van der Waals surface area contributed by atoms with E-state index >= 15 is 0 Å². The maximum absolute atomic E-state index is 12.9. The summed E-state index contributed by atoms with van der Waals surface area (Å²) in [6, 6.07) is 9.48. The van der Waals surface area contributed by atoms with Crippen molar-refractivity contribution in [3.05, 3.63) is 60.2 Å². The lowest BCUT2D eigenvalue weighted by molar-refractivity contribution is -0.202. The van der Waals surface area contributed by atoms with Gasteiger partial charge >= 0.3 is 0 Å². The van der Waals surface area contributed by atoms with Gasteiger partial charge in [0.15, 0.2) is 16.8 Å². The smallest absolute Gasteiger partial charge is 0.153 e. The number of pyridine rings is 1. The largest absolute Gasteiger partial charge is 0.375 e. The Morgan fingerprint density at radius 3 is 2.97 bits per heavy atom. The van der Waals surface area contributed by atoms with Crippen molar-refractivity contribution in [3.63, 3.8) is 0 Å². The summed E-state index contributed by atoms with van der Waals surface area (Å²) in [6.45, 7) is 2.94. The summed E-state index contributed by atoms with van der Waals surface area (Å²) in [6.07, 6.45) is 4.98. The molecule has 4 heterocycles. The van der Waals surface area contributed by atoms with E-state index in [1.165, 1.54) is 0 Å². The van der Waals surface area contributed by atoms with Crippen molar-refractivity contribution in [2.24, 2.45) is 0 Å². The van der Waals surface area contributed by atoms with E-state index in [4.69, 9.17) is 9.47 Å². The number of hydrogen-bond acceptors (Lipinski definition) is 6. The first-order valence-corrected chi connectivity index (χ1v) is 10.5. The zero-order valence-electron chi connectivity index (χ0n) is 16.5. The molecule has 0 amide bonds. The van der Waals surface area contributed by atoms with Gasteiger partial charge in [0.2, 0.25) is 0 Å². The highest BCUT2D eigenvalue weighted by atomic mass is 32.2. The van der Waals surface area contributed by atoms with Gasteiger partial charge in [-0.1, -0.05) is 6.07 Å². The van der Waals surface area contributed by atoms with Crippen molar-refractivity contribution in [3.8, 4) is 5.82 Å². The first kappa shape index (κ1) is 18.9. The molecule has 1 fully saturated rings. The van der Waals surface area contributed by atoms with Crippen LogP contribution in [0, 0.1) is 6.92 Å². The maximum Gasteiger partial charge on any atom is 0.153 e. The van der Waals surface area contributed by atoms with Crippen LogP contribution in [-0.4, -0.2) is 49.5 Å². The van der Waals surface area contributed by atoms with Crippen molar-refractivity contribution in [1.29, 1.82) is 0 Å². The molecule has 0 saturated carbocycles. The van der Waals surface area contributed by atoms with Crippen LogP contribution in [0.3, 0.4) is 0 Å². The highest BCUT2D eigenvalue weighted by Gasteiger charge is 2.40. The molecule has 10 heteroatoms. The number of ether oxygens (including phenoxy) is 2. The number of aryl methyl sites for hydroxylation is 1. The molecule has 4 aromatic rings. The predicted octanol–water partition coefficient (Wildman–Crippen LogP) is 2.46. The third-order valence-corrected chi connectivity index (χ3v) is 6.35. The zero-order valence-corrected chi connectivity index (χ0v) is 17.3. The molecule has 0 spiro atoms. The van der Waals surface area contributed by atoms with Crippen LogP contribution < -0.4 is 4.72 Å². The van der Waals surface area contributed by atoms with E-state index in [1.54, 1.807) is 30.4 Å². The molecular weight excluding hydrogens is 404 g/mol. The van der Waals surface area contributed by atoms with E-state index in [0.29, 0.717) is 23.9 Å². The minimum absolute atomic E-state index is 0.445. The van der Waals surface area contributed by atoms with Gasteiger partial charge in [0.25, 0.3) is 0 Å². The average molecular weight is 424 g/mol. The fourth-order valence-electron chi connectivity index (χ4n) is 3.52. The van der Waals surface area contributed by atoms with Crippen LogP contribution in [0.15, 0.2) is 53.8 Å². The van der Waals surface area contributed by atoms with Gasteiger partial charge in [0.05, 0.1) is 41.7 Å². The molecule has 30 heavy (non-hydrogen) atoms. The topological polar surface area (TPSA) is 107 Å². The molecule has 1 atom stereocenters. The Kier molecular flexibility index (Phi) is 4.61. The first-order valence-electron chi connectivity index (χ1n) is 9.36. The number of rotatable bonds is 6. The summed E-state index contributed by atoms with van der Waals surface area (Å²) < 4.78 is 28.6. The van der Waals surface area contributed by atoms with E-state index in [2.05, 4.69) is 25.0 Å². The van der Waals surface area contributed by atoms with Gasteiger partial charge in [-0.2, -0.15) is 10.2 Å². The molecule has 0 aliphatic carbocycles. The number of nitrogens with one attached hydrogen (secondary N) is 2. The van der Waals surface area contributed by atoms with Crippen LogP contribution in [0.25, 0.3) is 16.7 Å². The Morgan fingerprint density at radius 1 is 1.33 bits per heavy atom.